The quantitative estimate of drug-likeness (QED) is 0.471. The molecule has 0 aromatic rings. The normalized spacial score (nSPS) is 28.5. The molecule has 2 N–H and O–H groups in total. The summed E-state index contributed by atoms with van der Waals surface area (Å²) in [5.41, 5.74) is 1.88. The number of morpholine rings is 1. The number of carboxylic acid groups (broad SMARTS) is 1. The molecule has 0 bridgehead atoms. The van der Waals surface area contributed by atoms with Crippen molar-refractivity contribution in [1.82, 2.24) is 5.32 Å². The molecule has 1 fully saturated rings. The Bertz CT molecular complexity index is 473. The third-order valence-corrected chi connectivity index (χ3v) is 7.39. The van der Waals surface area contributed by atoms with Crippen molar-refractivity contribution >= 4 is 29.8 Å². The molecule has 2 rings (SSSR count). The Balaban J connectivity index is 2.14. The van der Waals surface area contributed by atoms with Gasteiger partial charge in [0.2, 0.25) is 0 Å². The summed E-state index contributed by atoms with van der Waals surface area (Å²) in [6, 6.07) is 0. The second kappa shape index (κ2) is 6.64. The fourth-order valence-electron chi connectivity index (χ4n) is 2.59. The minimum atomic E-state index is -1.01. The van der Waals surface area contributed by atoms with Gasteiger partial charge in [-0.05, 0) is 24.8 Å². The summed E-state index contributed by atoms with van der Waals surface area (Å²) in [5.74, 6) is 0. The number of allylic oxidation sites excluding steroid dienone is 2. The second-order valence-corrected chi connectivity index (χ2v) is 8.65. The Kier molecular flexibility index (Phi) is 5.29. The zero-order chi connectivity index (χ0) is 15.5. The topological polar surface area (TPSA) is 58.6 Å². The van der Waals surface area contributed by atoms with Crippen molar-refractivity contribution in [2.75, 3.05) is 39.6 Å². The van der Waals surface area contributed by atoms with E-state index in [1.807, 2.05) is 35.9 Å². The van der Waals surface area contributed by atoms with Crippen molar-refractivity contribution in [3.05, 3.63) is 23.4 Å². The molecule has 0 spiro atoms. The first kappa shape index (κ1) is 16.7. The van der Waals surface area contributed by atoms with Crippen LogP contribution >= 0.6 is 23.7 Å². The number of likely N-dealkylation sites (N-methyl/N-ethyl adjacent to an activating group) is 1. The van der Waals surface area contributed by atoms with Gasteiger partial charge < -0.3 is 9.84 Å². The van der Waals surface area contributed by atoms with E-state index in [2.05, 4.69) is 25.5 Å². The molecule has 0 radical (unpaired) electrons. The molecule has 1 aliphatic carbocycles. The lowest BCUT2D eigenvalue weighted by Crippen LogP contribution is -2.49. The monoisotopic (exact) mass is 331 g/mol. The average Bonchev–Trinajstić information content (AvgIpc) is 2.42. The lowest BCUT2D eigenvalue weighted by Gasteiger charge is -2.43. The predicted molar refractivity (Wildman–Crippen MR) is 88.2 cm³/mol. The number of quaternary nitrogens is 1. The van der Waals surface area contributed by atoms with Crippen LogP contribution in [0.25, 0.3) is 0 Å². The fraction of sp³-hybridized carbons (Fsp3) is 0.643. The van der Waals surface area contributed by atoms with Crippen LogP contribution < -0.4 is 5.32 Å². The van der Waals surface area contributed by atoms with Crippen LogP contribution in [0.2, 0.25) is 0 Å². The van der Waals surface area contributed by atoms with E-state index in [9.17, 15) is 4.79 Å². The minimum Gasteiger partial charge on any atom is -0.465 e. The molecule has 21 heavy (non-hydrogen) atoms. The van der Waals surface area contributed by atoms with E-state index in [0.717, 1.165) is 36.6 Å². The Hall–Kier alpha value is -0.630. The van der Waals surface area contributed by atoms with E-state index in [4.69, 9.17) is 9.84 Å². The first-order chi connectivity index (χ1) is 9.89. The predicted octanol–water partition coefficient (Wildman–Crippen LogP) is 2.67. The maximum atomic E-state index is 10.8. The highest BCUT2D eigenvalue weighted by Gasteiger charge is 2.44. The highest BCUT2D eigenvalue weighted by atomic mass is 32.2. The van der Waals surface area contributed by atoms with Crippen LogP contribution in [-0.4, -0.2) is 58.8 Å². The number of hydrogen-bond donors (Lipinski definition) is 2. The van der Waals surface area contributed by atoms with Crippen LogP contribution in [0.3, 0.4) is 0 Å². The maximum Gasteiger partial charge on any atom is 0.409 e. The van der Waals surface area contributed by atoms with Crippen molar-refractivity contribution in [1.29, 1.82) is 0 Å². The summed E-state index contributed by atoms with van der Waals surface area (Å²) >= 11 is 3.79. The van der Waals surface area contributed by atoms with E-state index in [-0.39, 0.29) is 4.08 Å². The largest absolute Gasteiger partial charge is 0.465 e. The number of nitrogens with one attached hydrogen (secondary N) is 1. The van der Waals surface area contributed by atoms with E-state index in [1.165, 1.54) is 5.57 Å². The van der Waals surface area contributed by atoms with E-state index in [1.54, 1.807) is 0 Å². The van der Waals surface area contributed by atoms with Crippen LogP contribution in [0.1, 0.15) is 13.3 Å². The van der Waals surface area contributed by atoms with Gasteiger partial charge in [0.15, 0.2) is 0 Å². The number of thioether (sulfide) groups is 1. The number of amides is 1. The third-order valence-electron chi connectivity index (χ3n) is 3.93. The number of ether oxygens (including phenoxy) is 1. The van der Waals surface area contributed by atoms with Gasteiger partial charge in [-0.1, -0.05) is 6.08 Å². The smallest absolute Gasteiger partial charge is 0.409 e. The molecular formula is C14H23N2O3S2+. The van der Waals surface area contributed by atoms with Crippen molar-refractivity contribution in [3.8, 4) is 0 Å². The van der Waals surface area contributed by atoms with Crippen LogP contribution in [0.5, 0.6) is 0 Å². The molecule has 7 heteroatoms. The molecule has 1 aliphatic heterocycles. The SMILES string of the molecule is CSC1(S[N+]2(C)CCOCC2)CC=C(NC(=O)O)C=C1C. The molecular weight excluding hydrogens is 308 g/mol. The van der Waals surface area contributed by atoms with Gasteiger partial charge in [-0.3, -0.25) is 9.21 Å². The Morgan fingerprint density at radius 1 is 1.48 bits per heavy atom. The van der Waals surface area contributed by atoms with Crippen LogP contribution in [0.15, 0.2) is 23.4 Å². The van der Waals surface area contributed by atoms with Crippen molar-refractivity contribution in [3.63, 3.8) is 0 Å². The third kappa shape index (κ3) is 3.97. The molecule has 1 amide bonds. The van der Waals surface area contributed by atoms with Crippen LogP contribution in [0, 0.1) is 0 Å². The molecule has 1 heterocycles. The summed E-state index contributed by atoms with van der Waals surface area (Å²) in [6.07, 6.45) is 5.87. The lowest BCUT2D eigenvalue weighted by atomic mass is 10.0. The van der Waals surface area contributed by atoms with Crippen molar-refractivity contribution in [2.45, 2.75) is 17.4 Å². The van der Waals surface area contributed by atoms with Gasteiger partial charge in [-0.15, -0.1) is 11.8 Å². The molecule has 1 saturated heterocycles. The summed E-state index contributed by atoms with van der Waals surface area (Å²) in [5, 5.41) is 11.3. The molecule has 0 aromatic carbocycles. The van der Waals surface area contributed by atoms with Gasteiger partial charge in [0.25, 0.3) is 0 Å². The van der Waals surface area contributed by atoms with Crippen LogP contribution in [0.4, 0.5) is 4.79 Å². The zero-order valence-electron chi connectivity index (χ0n) is 12.7. The summed E-state index contributed by atoms with van der Waals surface area (Å²) in [6.45, 7) is 5.71. The number of rotatable bonds is 4. The molecule has 1 unspecified atom stereocenters. The molecule has 118 valence electrons. The summed E-state index contributed by atoms with van der Waals surface area (Å²) in [4.78, 5) is 10.8. The maximum absolute atomic E-state index is 10.8. The highest BCUT2D eigenvalue weighted by molar-refractivity contribution is 8.15. The van der Waals surface area contributed by atoms with Gasteiger partial charge in [0, 0.05) is 12.1 Å². The molecule has 5 nitrogen and oxygen atoms in total. The average molecular weight is 331 g/mol. The molecule has 1 atom stereocenters. The van der Waals surface area contributed by atoms with Crippen LogP contribution in [-0.2, 0) is 4.74 Å². The van der Waals surface area contributed by atoms with Gasteiger partial charge in [0.1, 0.15) is 17.2 Å². The van der Waals surface area contributed by atoms with Gasteiger partial charge in [-0.2, -0.15) is 0 Å². The fourth-order valence-corrected chi connectivity index (χ4v) is 5.46. The summed E-state index contributed by atoms with van der Waals surface area (Å²) in [7, 11) is 2.26. The van der Waals surface area contributed by atoms with Crippen molar-refractivity contribution < 1.29 is 18.5 Å². The summed E-state index contributed by atoms with van der Waals surface area (Å²) < 4.78 is 6.37. The number of carbonyl (C=O) groups is 1. The van der Waals surface area contributed by atoms with E-state index in [0.29, 0.717) is 5.70 Å². The standard InChI is InChI=1S/C14H22N2O3S2/c1-11-10-12(15-13(17)18)4-5-14(11,20-3)21-16(2)6-8-19-9-7-16/h4,10,15H,5-9H2,1-3H3/p+1. The Labute approximate surface area is 134 Å². The number of nitrogens with zero attached hydrogens (tertiary/aromatic N) is 1. The molecule has 0 aromatic heterocycles. The minimum absolute atomic E-state index is 0.0320. The lowest BCUT2D eigenvalue weighted by molar-refractivity contribution is -0.785. The van der Waals surface area contributed by atoms with E-state index < -0.39 is 6.09 Å². The zero-order valence-corrected chi connectivity index (χ0v) is 14.4. The van der Waals surface area contributed by atoms with Gasteiger partial charge in [-0.25, -0.2) is 4.79 Å². The first-order valence-electron chi connectivity index (χ1n) is 6.96. The second-order valence-electron chi connectivity index (χ2n) is 5.53. The Morgan fingerprint density at radius 3 is 2.67 bits per heavy atom. The molecule has 2 aliphatic rings. The van der Waals surface area contributed by atoms with E-state index >= 15 is 0 Å². The van der Waals surface area contributed by atoms with Gasteiger partial charge in [0.05, 0.1) is 32.2 Å². The number of hydrogen-bond acceptors (Lipinski definition) is 4. The highest BCUT2D eigenvalue weighted by Crippen LogP contribution is 2.51. The Morgan fingerprint density at radius 2 is 2.14 bits per heavy atom. The van der Waals surface area contributed by atoms with Gasteiger partial charge >= 0.3 is 6.09 Å². The van der Waals surface area contributed by atoms with Crippen molar-refractivity contribution in [2.24, 2.45) is 0 Å². The molecule has 0 saturated carbocycles. The first-order valence-corrected chi connectivity index (χ1v) is 8.96.